The van der Waals surface area contributed by atoms with Gasteiger partial charge in [0.05, 0.1) is 17.2 Å². The summed E-state index contributed by atoms with van der Waals surface area (Å²) in [4.78, 5) is 9.93. The highest BCUT2D eigenvalue weighted by molar-refractivity contribution is 7.15. The Bertz CT molecular complexity index is 317. The van der Waals surface area contributed by atoms with E-state index in [0.717, 1.165) is 41.6 Å². The summed E-state index contributed by atoms with van der Waals surface area (Å²) in [7, 11) is 6.24. The minimum Gasteiger partial charge on any atom is -0.391 e. The molecule has 0 saturated heterocycles. The Hall–Kier alpha value is -0.650. The van der Waals surface area contributed by atoms with Gasteiger partial charge in [-0.1, -0.05) is 18.3 Å². The number of aliphatic hydroxyl groups excluding tert-OH is 1. The molecule has 1 heterocycles. The lowest BCUT2D eigenvalue weighted by atomic mass is 10.3. The van der Waals surface area contributed by atoms with E-state index in [1.165, 1.54) is 0 Å². The average molecular weight is 257 g/mol. The van der Waals surface area contributed by atoms with Crippen molar-refractivity contribution in [3.05, 3.63) is 10.6 Å². The summed E-state index contributed by atoms with van der Waals surface area (Å²) in [6.07, 6.45) is 2.01. The molecule has 4 nitrogen and oxygen atoms in total. The Morgan fingerprint density at radius 1 is 1.24 bits per heavy atom. The number of hydrogen-bond donors (Lipinski definition) is 1. The van der Waals surface area contributed by atoms with Gasteiger partial charge in [0.2, 0.25) is 0 Å². The van der Waals surface area contributed by atoms with Crippen LogP contribution in [-0.4, -0.2) is 49.2 Å². The largest absolute Gasteiger partial charge is 0.391 e. The van der Waals surface area contributed by atoms with Crippen molar-refractivity contribution in [2.24, 2.45) is 0 Å². The van der Waals surface area contributed by atoms with E-state index in [4.69, 9.17) is 0 Å². The number of hydrogen-bond acceptors (Lipinski definition) is 5. The first-order valence-electron chi connectivity index (χ1n) is 6.03. The van der Waals surface area contributed by atoms with Crippen LogP contribution in [0.15, 0.2) is 0 Å². The summed E-state index contributed by atoms with van der Waals surface area (Å²) < 4.78 is 0. The highest BCUT2D eigenvalue weighted by atomic mass is 32.1. The van der Waals surface area contributed by atoms with Gasteiger partial charge >= 0.3 is 0 Å². The lowest BCUT2D eigenvalue weighted by Crippen LogP contribution is -2.23. The minimum absolute atomic E-state index is 0.104. The third-order valence-electron chi connectivity index (χ3n) is 2.67. The van der Waals surface area contributed by atoms with Gasteiger partial charge in [-0.2, -0.15) is 0 Å². The zero-order chi connectivity index (χ0) is 12.8. The van der Waals surface area contributed by atoms with E-state index in [1.807, 2.05) is 0 Å². The monoisotopic (exact) mass is 257 g/mol. The quantitative estimate of drug-likeness (QED) is 0.805. The van der Waals surface area contributed by atoms with Crippen LogP contribution in [0.4, 0.5) is 5.13 Å². The molecule has 1 rings (SSSR count). The highest BCUT2D eigenvalue weighted by Crippen LogP contribution is 2.26. The van der Waals surface area contributed by atoms with Gasteiger partial charge in [0.25, 0.3) is 0 Å². The molecule has 17 heavy (non-hydrogen) atoms. The molecule has 0 bridgehead atoms. The van der Waals surface area contributed by atoms with E-state index < -0.39 is 0 Å². The molecule has 0 aliphatic heterocycles. The van der Waals surface area contributed by atoms with Crippen molar-refractivity contribution in [3.63, 3.8) is 0 Å². The van der Waals surface area contributed by atoms with Crippen LogP contribution < -0.4 is 4.90 Å². The molecule has 0 aromatic carbocycles. The van der Waals surface area contributed by atoms with Gasteiger partial charge in [0.1, 0.15) is 0 Å². The molecule has 0 amide bonds. The Labute approximate surface area is 108 Å². The van der Waals surface area contributed by atoms with E-state index in [0.29, 0.717) is 0 Å². The zero-order valence-electron chi connectivity index (χ0n) is 11.2. The third-order valence-corrected chi connectivity index (χ3v) is 3.87. The minimum atomic E-state index is 0.104. The number of anilines is 1. The van der Waals surface area contributed by atoms with Crippen LogP contribution in [0.5, 0.6) is 0 Å². The predicted molar refractivity (Wildman–Crippen MR) is 73.9 cm³/mol. The molecule has 0 radical (unpaired) electrons. The van der Waals surface area contributed by atoms with Crippen molar-refractivity contribution in [1.29, 1.82) is 0 Å². The van der Waals surface area contributed by atoms with Crippen LogP contribution in [0.2, 0.25) is 0 Å². The molecule has 0 aliphatic carbocycles. The van der Waals surface area contributed by atoms with E-state index in [2.05, 4.69) is 42.9 Å². The number of aliphatic hydroxyl groups is 1. The maximum atomic E-state index is 9.24. The first kappa shape index (κ1) is 14.4. The van der Waals surface area contributed by atoms with E-state index >= 15 is 0 Å². The molecule has 0 fully saturated rings. The first-order chi connectivity index (χ1) is 8.08. The third kappa shape index (κ3) is 4.26. The Balaban J connectivity index is 2.56. The van der Waals surface area contributed by atoms with Crippen molar-refractivity contribution in [1.82, 2.24) is 9.88 Å². The number of rotatable bonds is 7. The Kier molecular flexibility index (Phi) is 5.88. The molecule has 0 atom stereocenters. The second kappa shape index (κ2) is 6.93. The maximum absolute atomic E-state index is 9.24. The van der Waals surface area contributed by atoms with Crippen molar-refractivity contribution >= 4 is 16.5 Å². The number of nitrogens with zero attached hydrogens (tertiary/aromatic N) is 3. The van der Waals surface area contributed by atoms with Gasteiger partial charge in [-0.05, 0) is 33.5 Å². The normalized spacial score (nSPS) is 11.2. The Morgan fingerprint density at radius 2 is 1.94 bits per heavy atom. The molecule has 0 unspecified atom stereocenters. The van der Waals surface area contributed by atoms with E-state index in [1.54, 1.807) is 11.3 Å². The number of aryl methyl sites for hydroxylation is 1. The van der Waals surface area contributed by atoms with Crippen LogP contribution in [0.1, 0.15) is 23.9 Å². The first-order valence-corrected chi connectivity index (χ1v) is 6.85. The molecular weight excluding hydrogens is 234 g/mol. The fraction of sp³-hybridized carbons (Fsp3) is 0.750. The zero-order valence-corrected chi connectivity index (χ0v) is 12.0. The standard InChI is InChI=1S/C12H23N3OS/c1-5-10-11(9-16)17-12(13-10)15(4)8-6-7-14(2)3/h16H,5-9H2,1-4H3. The lowest BCUT2D eigenvalue weighted by Gasteiger charge is -2.17. The van der Waals surface area contributed by atoms with Gasteiger partial charge in [0, 0.05) is 13.6 Å². The highest BCUT2D eigenvalue weighted by Gasteiger charge is 2.11. The smallest absolute Gasteiger partial charge is 0.185 e. The topological polar surface area (TPSA) is 39.6 Å². The van der Waals surface area contributed by atoms with Crippen molar-refractivity contribution in [3.8, 4) is 0 Å². The van der Waals surface area contributed by atoms with E-state index in [-0.39, 0.29) is 6.61 Å². The van der Waals surface area contributed by atoms with E-state index in [9.17, 15) is 5.11 Å². The van der Waals surface area contributed by atoms with Gasteiger partial charge in [-0.25, -0.2) is 4.98 Å². The lowest BCUT2D eigenvalue weighted by molar-refractivity contribution is 0.284. The molecule has 0 aliphatic rings. The molecule has 5 heteroatoms. The van der Waals surface area contributed by atoms with Crippen LogP contribution in [0.25, 0.3) is 0 Å². The summed E-state index contributed by atoms with van der Waals surface area (Å²) in [6.45, 7) is 4.26. The molecule has 98 valence electrons. The molecule has 1 N–H and O–H groups in total. The SMILES string of the molecule is CCc1nc(N(C)CCCN(C)C)sc1CO. The molecule has 0 spiro atoms. The van der Waals surface area contributed by atoms with Gasteiger partial charge < -0.3 is 14.9 Å². The van der Waals surface area contributed by atoms with Gasteiger partial charge in [-0.3, -0.25) is 0 Å². The summed E-state index contributed by atoms with van der Waals surface area (Å²) in [5.74, 6) is 0. The molecule has 1 aromatic rings. The second-order valence-corrected chi connectivity index (χ2v) is 5.52. The van der Waals surface area contributed by atoms with Crippen molar-refractivity contribution in [2.45, 2.75) is 26.4 Å². The molecular formula is C12H23N3OS. The van der Waals surface area contributed by atoms with Crippen LogP contribution in [0.3, 0.4) is 0 Å². The second-order valence-electron chi connectivity index (χ2n) is 4.46. The summed E-state index contributed by atoms with van der Waals surface area (Å²) in [6, 6.07) is 0. The number of aromatic nitrogens is 1. The van der Waals surface area contributed by atoms with Crippen LogP contribution >= 0.6 is 11.3 Å². The maximum Gasteiger partial charge on any atom is 0.185 e. The van der Waals surface area contributed by atoms with Crippen molar-refractivity contribution in [2.75, 3.05) is 39.1 Å². The van der Waals surface area contributed by atoms with Gasteiger partial charge in [-0.15, -0.1) is 0 Å². The Morgan fingerprint density at radius 3 is 2.41 bits per heavy atom. The average Bonchev–Trinajstić information content (AvgIpc) is 2.71. The van der Waals surface area contributed by atoms with Gasteiger partial charge in [0.15, 0.2) is 5.13 Å². The fourth-order valence-electron chi connectivity index (χ4n) is 1.65. The summed E-state index contributed by atoms with van der Waals surface area (Å²) in [5, 5.41) is 10.3. The summed E-state index contributed by atoms with van der Waals surface area (Å²) >= 11 is 1.60. The van der Waals surface area contributed by atoms with Crippen LogP contribution in [-0.2, 0) is 13.0 Å². The molecule has 0 saturated carbocycles. The summed E-state index contributed by atoms with van der Waals surface area (Å²) in [5.41, 5.74) is 1.03. The fourth-order valence-corrected chi connectivity index (χ4v) is 2.65. The number of thiazole rings is 1. The van der Waals surface area contributed by atoms with Crippen molar-refractivity contribution < 1.29 is 5.11 Å². The molecule has 1 aromatic heterocycles. The predicted octanol–water partition coefficient (Wildman–Crippen LogP) is 1.59. The van der Waals surface area contributed by atoms with Crippen LogP contribution in [0, 0.1) is 0 Å².